The molecule has 1 aromatic rings. The largest absolute Gasteiger partial charge is 0.493 e. The molecule has 0 unspecified atom stereocenters. The minimum absolute atomic E-state index is 0.391. The van der Waals surface area contributed by atoms with E-state index in [2.05, 4.69) is 39.8 Å². The lowest BCUT2D eigenvalue weighted by molar-refractivity contribution is -0.119. The molecule has 2 nitrogen and oxygen atoms in total. The van der Waals surface area contributed by atoms with Gasteiger partial charge in [0.25, 0.3) is 0 Å². The molecule has 0 spiro atoms. The quantitative estimate of drug-likeness (QED) is 0.652. The molecule has 2 heteroatoms. The van der Waals surface area contributed by atoms with Crippen LogP contribution in [-0.4, -0.2) is 12.4 Å². The lowest BCUT2D eigenvalue weighted by atomic mass is 10.0. The van der Waals surface area contributed by atoms with Crippen molar-refractivity contribution in [1.29, 1.82) is 0 Å². The summed E-state index contributed by atoms with van der Waals surface area (Å²) in [6.07, 6.45) is 4.32. The summed E-state index contributed by atoms with van der Waals surface area (Å²) in [5, 5.41) is 0. The number of Topliss-reactive ketones (excluding diaryl/α,β-unsaturated/α-hetero) is 1. The molecule has 0 aliphatic heterocycles. The maximum atomic E-state index is 11.5. The molecule has 1 rings (SSSR count). The van der Waals surface area contributed by atoms with E-state index in [1.807, 2.05) is 6.07 Å². The van der Waals surface area contributed by atoms with Crippen LogP contribution in [0.4, 0.5) is 0 Å². The molecule has 0 saturated heterocycles. The highest BCUT2D eigenvalue weighted by Crippen LogP contribution is 2.19. The molecule has 0 aliphatic rings. The Balaban J connectivity index is 2.45. The summed E-state index contributed by atoms with van der Waals surface area (Å²) in [5.74, 6) is 1.88. The summed E-state index contributed by atoms with van der Waals surface area (Å²) in [6, 6.07) is 6.28. The lowest BCUT2D eigenvalue weighted by Crippen LogP contribution is -2.05. The Hall–Kier alpha value is -1.31. The van der Waals surface area contributed by atoms with Crippen molar-refractivity contribution in [1.82, 2.24) is 0 Å². The van der Waals surface area contributed by atoms with Crippen LogP contribution in [0.15, 0.2) is 18.2 Å². The third-order valence-corrected chi connectivity index (χ3v) is 3.33. The van der Waals surface area contributed by atoms with Gasteiger partial charge in [0.2, 0.25) is 0 Å². The summed E-state index contributed by atoms with van der Waals surface area (Å²) < 4.78 is 5.72. The van der Waals surface area contributed by atoms with E-state index in [4.69, 9.17) is 4.74 Å². The molecule has 0 radical (unpaired) electrons. The number of carbonyl (C=O) groups is 1. The molecule has 0 saturated carbocycles. The van der Waals surface area contributed by atoms with Crippen molar-refractivity contribution in [2.45, 2.75) is 59.8 Å². The molecular weight excluding hydrogens is 248 g/mol. The SMILES string of the molecule is CCCC(=O)CCCc1ccc(OCC(C)C)cc1C. The highest BCUT2D eigenvalue weighted by atomic mass is 16.5. The van der Waals surface area contributed by atoms with E-state index in [0.29, 0.717) is 18.1 Å². The topological polar surface area (TPSA) is 26.3 Å². The van der Waals surface area contributed by atoms with Gasteiger partial charge in [-0.25, -0.2) is 0 Å². The summed E-state index contributed by atoms with van der Waals surface area (Å²) in [6.45, 7) is 9.22. The fraction of sp³-hybridized carbons (Fsp3) is 0.611. The van der Waals surface area contributed by atoms with E-state index in [-0.39, 0.29) is 0 Å². The third kappa shape index (κ3) is 6.23. The van der Waals surface area contributed by atoms with Crippen LogP contribution < -0.4 is 4.74 Å². The molecular formula is C18H28O2. The minimum atomic E-state index is 0.391. The smallest absolute Gasteiger partial charge is 0.132 e. The van der Waals surface area contributed by atoms with Crippen LogP contribution in [0.2, 0.25) is 0 Å². The van der Waals surface area contributed by atoms with Gasteiger partial charge in [-0.15, -0.1) is 0 Å². The third-order valence-electron chi connectivity index (χ3n) is 3.33. The van der Waals surface area contributed by atoms with Gasteiger partial charge < -0.3 is 4.74 Å². The van der Waals surface area contributed by atoms with Gasteiger partial charge in [0.15, 0.2) is 0 Å². The van der Waals surface area contributed by atoms with Crippen molar-refractivity contribution >= 4 is 5.78 Å². The van der Waals surface area contributed by atoms with Crippen molar-refractivity contribution < 1.29 is 9.53 Å². The number of hydrogen-bond acceptors (Lipinski definition) is 2. The average Bonchev–Trinajstić information content (AvgIpc) is 2.39. The zero-order valence-electron chi connectivity index (χ0n) is 13.4. The van der Waals surface area contributed by atoms with Crippen LogP contribution in [-0.2, 0) is 11.2 Å². The molecule has 1 aromatic carbocycles. The normalized spacial score (nSPS) is 10.8. The summed E-state index contributed by atoms with van der Waals surface area (Å²) in [7, 11) is 0. The molecule has 0 bridgehead atoms. The van der Waals surface area contributed by atoms with Gasteiger partial charge in [0.1, 0.15) is 11.5 Å². The predicted molar refractivity (Wildman–Crippen MR) is 84.4 cm³/mol. The Kier molecular flexibility index (Phi) is 7.35. The summed E-state index contributed by atoms with van der Waals surface area (Å²) in [5.41, 5.74) is 2.58. The van der Waals surface area contributed by atoms with Crippen molar-refractivity contribution in [2.24, 2.45) is 5.92 Å². The van der Waals surface area contributed by atoms with E-state index in [0.717, 1.165) is 38.0 Å². The maximum Gasteiger partial charge on any atom is 0.132 e. The molecule has 0 N–H and O–H groups in total. The van der Waals surface area contributed by atoms with Crippen molar-refractivity contribution in [3.63, 3.8) is 0 Å². The zero-order chi connectivity index (χ0) is 15.0. The first-order valence-electron chi connectivity index (χ1n) is 7.77. The van der Waals surface area contributed by atoms with Crippen molar-refractivity contribution in [3.05, 3.63) is 29.3 Å². The fourth-order valence-corrected chi connectivity index (χ4v) is 2.18. The van der Waals surface area contributed by atoms with Gasteiger partial charge in [-0.3, -0.25) is 4.79 Å². The number of carbonyl (C=O) groups excluding carboxylic acids is 1. The van der Waals surface area contributed by atoms with Crippen molar-refractivity contribution in [2.75, 3.05) is 6.61 Å². The summed E-state index contributed by atoms with van der Waals surface area (Å²) >= 11 is 0. The number of rotatable bonds is 9. The molecule has 20 heavy (non-hydrogen) atoms. The number of ketones is 1. The monoisotopic (exact) mass is 276 g/mol. The Morgan fingerprint density at radius 1 is 1.25 bits per heavy atom. The second-order valence-electron chi connectivity index (χ2n) is 5.94. The molecule has 0 fully saturated rings. The molecule has 112 valence electrons. The lowest BCUT2D eigenvalue weighted by Gasteiger charge is -2.11. The van der Waals surface area contributed by atoms with Gasteiger partial charge in [-0.05, 0) is 55.4 Å². The number of aryl methyl sites for hydroxylation is 2. The standard InChI is InChI=1S/C18H28O2/c1-5-7-17(19)9-6-8-16-10-11-18(12-15(16)4)20-13-14(2)3/h10-12,14H,5-9,13H2,1-4H3. The van der Waals surface area contributed by atoms with E-state index < -0.39 is 0 Å². The first-order valence-corrected chi connectivity index (χ1v) is 7.77. The van der Waals surface area contributed by atoms with Crippen LogP contribution >= 0.6 is 0 Å². The number of benzene rings is 1. The Morgan fingerprint density at radius 3 is 2.60 bits per heavy atom. The molecule has 0 aliphatic carbocycles. The van der Waals surface area contributed by atoms with Gasteiger partial charge in [0.05, 0.1) is 6.61 Å². The number of ether oxygens (including phenoxy) is 1. The summed E-state index contributed by atoms with van der Waals surface area (Å²) in [4.78, 5) is 11.5. The minimum Gasteiger partial charge on any atom is -0.493 e. The van der Waals surface area contributed by atoms with Crippen LogP contribution in [0.3, 0.4) is 0 Å². The van der Waals surface area contributed by atoms with Crippen LogP contribution in [0.5, 0.6) is 5.75 Å². The van der Waals surface area contributed by atoms with E-state index in [1.54, 1.807) is 0 Å². The maximum absolute atomic E-state index is 11.5. The highest BCUT2D eigenvalue weighted by Gasteiger charge is 2.04. The van der Waals surface area contributed by atoms with Gasteiger partial charge in [-0.1, -0.05) is 26.8 Å². The highest BCUT2D eigenvalue weighted by molar-refractivity contribution is 5.78. The van der Waals surface area contributed by atoms with Gasteiger partial charge in [-0.2, -0.15) is 0 Å². The Morgan fingerprint density at radius 2 is 2.00 bits per heavy atom. The van der Waals surface area contributed by atoms with E-state index in [1.165, 1.54) is 11.1 Å². The second-order valence-corrected chi connectivity index (χ2v) is 5.94. The van der Waals surface area contributed by atoms with Gasteiger partial charge >= 0.3 is 0 Å². The predicted octanol–water partition coefficient (Wildman–Crippen LogP) is 4.72. The molecule has 0 atom stereocenters. The Bertz CT molecular complexity index is 421. The van der Waals surface area contributed by atoms with E-state index >= 15 is 0 Å². The van der Waals surface area contributed by atoms with Gasteiger partial charge in [0, 0.05) is 12.8 Å². The molecule has 0 amide bonds. The first kappa shape index (κ1) is 16.7. The number of hydrogen-bond donors (Lipinski definition) is 0. The zero-order valence-corrected chi connectivity index (χ0v) is 13.4. The van der Waals surface area contributed by atoms with Crippen LogP contribution in [0, 0.1) is 12.8 Å². The van der Waals surface area contributed by atoms with Crippen LogP contribution in [0.25, 0.3) is 0 Å². The van der Waals surface area contributed by atoms with Crippen LogP contribution in [0.1, 0.15) is 57.6 Å². The second kappa shape index (κ2) is 8.78. The molecule has 0 aromatic heterocycles. The first-order chi connectivity index (χ1) is 9.52. The Labute approximate surface area is 123 Å². The average molecular weight is 276 g/mol. The molecule has 0 heterocycles. The fourth-order valence-electron chi connectivity index (χ4n) is 2.18. The van der Waals surface area contributed by atoms with Crippen molar-refractivity contribution in [3.8, 4) is 5.75 Å². The van der Waals surface area contributed by atoms with E-state index in [9.17, 15) is 4.79 Å².